The van der Waals surface area contributed by atoms with Gasteiger partial charge in [-0.15, -0.1) is 0 Å². The third-order valence-corrected chi connectivity index (χ3v) is 5.97. The molecule has 0 unspecified atom stereocenters. The molecule has 122 valence electrons. The molecule has 0 N–H and O–H groups in total. The summed E-state index contributed by atoms with van der Waals surface area (Å²) in [6, 6.07) is 5.89. The van der Waals surface area contributed by atoms with Crippen LogP contribution < -0.4 is 0 Å². The SMILES string of the molecule is C[C@H]1c2cccn2CCN1S(=O)(=O)c1ccc(F)c([N+](=O)[O-])c1. The average Bonchev–Trinajstić information content (AvgIpc) is 2.96. The number of benzene rings is 1. The van der Waals surface area contributed by atoms with E-state index in [0.29, 0.717) is 6.54 Å². The van der Waals surface area contributed by atoms with Crippen LogP contribution in [0, 0.1) is 15.9 Å². The first-order valence-corrected chi connectivity index (χ1v) is 8.37. The summed E-state index contributed by atoms with van der Waals surface area (Å²) in [7, 11) is -3.96. The topological polar surface area (TPSA) is 85.5 Å². The lowest BCUT2D eigenvalue weighted by Gasteiger charge is -2.33. The maximum absolute atomic E-state index is 13.4. The van der Waals surface area contributed by atoms with Gasteiger partial charge in [-0.1, -0.05) is 0 Å². The van der Waals surface area contributed by atoms with Crippen molar-refractivity contribution in [3.8, 4) is 0 Å². The quantitative estimate of drug-likeness (QED) is 0.634. The minimum Gasteiger partial charge on any atom is -0.349 e. The minimum absolute atomic E-state index is 0.246. The molecule has 0 radical (unpaired) electrons. The third-order valence-electron chi connectivity index (χ3n) is 4.01. The standard InChI is InChI=1S/C14H14FN3O4S/c1-10-13-3-2-6-16(13)7-8-17(10)23(21,22)11-4-5-12(15)14(9-11)18(19)20/h2-6,9-10H,7-8H2,1H3/t10-/m0/s1. The van der Waals surface area contributed by atoms with Gasteiger partial charge in [0.2, 0.25) is 15.8 Å². The third kappa shape index (κ3) is 2.51. The molecule has 0 bridgehead atoms. The van der Waals surface area contributed by atoms with E-state index in [2.05, 4.69) is 0 Å². The zero-order valence-electron chi connectivity index (χ0n) is 12.2. The summed E-state index contributed by atoms with van der Waals surface area (Å²) in [5.41, 5.74) is -0.00412. The number of aromatic nitrogens is 1. The second-order valence-corrected chi connectivity index (χ2v) is 7.18. The van der Waals surface area contributed by atoms with Crippen molar-refractivity contribution in [3.63, 3.8) is 0 Å². The van der Waals surface area contributed by atoms with Crippen LogP contribution in [0.3, 0.4) is 0 Å². The maximum atomic E-state index is 13.4. The van der Waals surface area contributed by atoms with E-state index in [4.69, 9.17) is 0 Å². The Kier molecular flexibility index (Phi) is 3.69. The van der Waals surface area contributed by atoms with Crippen LogP contribution in [0.4, 0.5) is 10.1 Å². The van der Waals surface area contributed by atoms with Crippen molar-refractivity contribution in [2.75, 3.05) is 6.54 Å². The van der Waals surface area contributed by atoms with Crippen molar-refractivity contribution in [2.24, 2.45) is 0 Å². The molecule has 2 heterocycles. The molecule has 0 spiro atoms. The van der Waals surface area contributed by atoms with E-state index in [9.17, 15) is 22.9 Å². The van der Waals surface area contributed by atoms with Gasteiger partial charge in [-0.05, 0) is 31.2 Å². The van der Waals surface area contributed by atoms with Gasteiger partial charge in [-0.25, -0.2) is 8.42 Å². The molecule has 1 atom stereocenters. The Morgan fingerprint density at radius 3 is 2.74 bits per heavy atom. The van der Waals surface area contributed by atoms with E-state index < -0.39 is 32.5 Å². The second kappa shape index (κ2) is 5.43. The summed E-state index contributed by atoms with van der Waals surface area (Å²) in [4.78, 5) is 9.61. The molecule has 1 aromatic heterocycles. The molecule has 0 aliphatic carbocycles. The summed E-state index contributed by atoms with van der Waals surface area (Å²) in [5.74, 6) is -1.06. The molecule has 0 amide bonds. The first kappa shape index (κ1) is 15.6. The number of hydrogen-bond donors (Lipinski definition) is 0. The molecular formula is C14H14FN3O4S. The lowest BCUT2D eigenvalue weighted by Crippen LogP contribution is -2.40. The summed E-state index contributed by atoms with van der Waals surface area (Å²) < 4.78 is 42.2. The van der Waals surface area contributed by atoms with Gasteiger partial charge in [-0.3, -0.25) is 10.1 Å². The van der Waals surface area contributed by atoms with E-state index in [1.54, 1.807) is 6.92 Å². The molecule has 0 saturated heterocycles. The highest BCUT2D eigenvalue weighted by Crippen LogP contribution is 2.32. The normalized spacial score (nSPS) is 18.6. The van der Waals surface area contributed by atoms with Crippen LogP contribution in [0.25, 0.3) is 0 Å². The van der Waals surface area contributed by atoms with E-state index in [0.717, 1.165) is 23.9 Å². The summed E-state index contributed by atoms with van der Waals surface area (Å²) >= 11 is 0. The number of nitro groups is 1. The van der Waals surface area contributed by atoms with Crippen molar-refractivity contribution in [2.45, 2.75) is 24.4 Å². The fraction of sp³-hybridized carbons (Fsp3) is 0.286. The summed E-state index contributed by atoms with van der Waals surface area (Å²) in [5, 5.41) is 10.8. The predicted molar refractivity (Wildman–Crippen MR) is 79.8 cm³/mol. The van der Waals surface area contributed by atoms with Gasteiger partial charge in [0.1, 0.15) is 0 Å². The van der Waals surface area contributed by atoms with Crippen LogP contribution in [0.5, 0.6) is 0 Å². The van der Waals surface area contributed by atoms with Crippen LogP contribution in [-0.4, -0.2) is 28.8 Å². The van der Waals surface area contributed by atoms with E-state index in [-0.39, 0.29) is 11.4 Å². The minimum atomic E-state index is -3.96. The van der Waals surface area contributed by atoms with E-state index in [1.807, 2.05) is 22.9 Å². The average molecular weight is 339 g/mol. The van der Waals surface area contributed by atoms with Crippen molar-refractivity contribution < 1.29 is 17.7 Å². The van der Waals surface area contributed by atoms with Gasteiger partial charge in [0.15, 0.2) is 0 Å². The van der Waals surface area contributed by atoms with Crippen molar-refractivity contribution >= 4 is 15.7 Å². The maximum Gasteiger partial charge on any atom is 0.306 e. The van der Waals surface area contributed by atoms with Crippen LogP contribution >= 0.6 is 0 Å². The van der Waals surface area contributed by atoms with Crippen LogP contribution in [0.15, 0.2) is 41.4 Å². The number of nitro benzene ring substituents is 1. The van der Waals surface area contributed by atoms with Gasteiger partial charge < -0.3 is 4.57 Å². The number of sulfonamides is 1. The highest BCUT2D eigenvalue weighted by molar-refractivity contribution is 7.89. The Morgan fingerprint density at radius 1 is 1.30 bits per heavy atom. The summed E-state index contributed by atoms with van der Waals surface area (Å²) in [6.45, 7) is 2.49. The number of halogens is 1. The molecule has 3 rings (SSSR count). The molecule has 23 heavy (non-hydrogen) atoms. The number of hydrogen-bond acceptors (Lipinski definition) is 4. The number of nitrogens with zero attached hydrogens (tertiary/aromatic N) is 3. The van der Waals surface area contributed by atoms with E-state index >= 15 is 0 Å². The fourth-order valence-corrected chi connectivity index (χ4v) is 4.43. The lowest BCUT2D eigenvalue weighted by atomic mass is 10.2. The Balaban J connectivity index is 2.03. The van der Waals surface area contributed by atoms with Crippen molar-refractivity contribution in [3.05, 3.63) is 58.2 Å². The van der Waals surface area contributed by atoms with Crippen LogP contribution in [0.2, 0.25) is 0 Å². The van der Waals surface area contributed by atoms with E-state index in [1.165, 1.54) is 4.31 Å². The largest absolute Gasteiger partial charge is 0.349 e. The molecule has 9 heteroatoms. The van der Waals surface area contributed by atoms with Gasteiger partial charge >= 0.3 is 5.69 Å². The predicted octanol–water partition coefficient (Wildman–Crippen LogP) is 2.30. The Hall–Kier alpha value is -2.26. The Labute approximate surface area is 132 Å². The molecule has 1 aliphatic heterocycles. The molecule has 0 fully saturated rings. The number of rotatable bonds is 3. The zero-order chi connectivity index (χ0) is 16.8. The zero-order valence-corrected chi connectivity index (χ0v) is 13.0. The van der Waals surface area contributed by atoms with Crippen molar-refractivity contribution in [1.82, 2.24) is 8.87 Å². The molecule has 0 saturated carbocycles. The number of fused-ring (bicyclic) bond motifs is 1. The molecule has 1 aliphatic rings. The first-order valence-electron chi connectivity index (χ1n) is 6.93. The fourth-order valence-electron chi connectivity index (χ4n) is 2.81. The Bertz CT molecular complexity index is 878. The molecular weight excluding hydrogens is 325 g/mol. The van der Waals surface area contributed by atoms with Gasteiger partial charge in [0.25, 0.3) is 0 Å². The molecule has 1 aromatic carbocycles. The highest BCUT2D eigenvalue weighted by Gasteiger charge is 2.35. The lowest BCUT2D eigenvalue weighted by molar-refractivity contribution is -0.387. The smallest absolute Gasteiger partial charge is 0.306 e. The van der Waals surface area contributed by atoms with Crippen LogP contribution in [-0.2, 0) is 16.6 Å². The van der Waals surface area contributed by atoms with Gasteiger partial charge in [-0.2, -0.15) is 8.70 Å². The molecule has 2 aromatic rings. The highest BCUT2D eigenvalue weighted by atomic mass is 32.2. The first-order chi connectivity index (χ1) is 10.8. The Morgan fingerprint density at radius 2 is 2.04 bits per heavy atom. The van der Waals surface area contributed by atoms with Gasteiger partial charge in [0.05, 0.1) is 15.9 Å². The monoisotopic (exact) mass is 339 g/mol. The second-order valence-electron chi connectivity index (χ2n) is 5.29. The van der Waals surface area contributed by atoms with Crippen LogP contribution in [0.1, 0.15) is 18.7 Å². The molecule has 7 nitrogen and oxygen atoms in total. The van der Waals surface area contributed by atoms with Crippen molar-refractivity contribution in [1.29, 1.82) is 0 Å². The van der Waals surface area contributed by atoms with Gasteiger partial charge in [0, 0.05) is 31.0 Å². The summed E-state index contributed by atoms with van der Waals surface area (Å²) in [6.07, 6.45) is 1.87.